The lowest BCUT2D eigenvalue weighted by Crippen LogP contribution is -2.47. The van der Waals surface area contributed by atoms with Crippen LogP contribution in [0.1, 0.15) is 30.4 Å². The minimum atomic E-state index is -0.326. The van der Waals surface area contributed by atoms with E-state index < -0.39 is 0 Å². The number of nitrogens with zero attached hydrogens (tertiary/aromatic N) is 2. The molecule has 170 valence electrons. The zero-order valence-corrected chi connectivity index (χ0v) is 18.6. The predicted molar refractivity (Wildman–Crippen MR) is 121 cm³/mol. The number of nitrogens with one attached hydrogen (secondary N) is 1. The number of halogens is 1. The summed E-state index contributed by atoms with van der Waals surface area (Å²) in [5.41, 5.74) is 2.67. The molecule has 4 rings (SSSR count). The molecule has 0 aromatic heterocycles. The molecule has 7 heteroatoms. The molecule has 0 radical (unpaired) electrons. The summed E-state index contributed by atoms with van der Waals surface area (Å²) >= 11 is 0. The third-order valence-electron chi connectivity index (χ3n) is 6.40. The van der Waals surface area contributed by atoms with Gasteiger partial charge in [-0.3, -0.25) is 9.59 Å². The normalized spacial score (nSPS) is 19.3. The number of hydrogen-bond acceptors (Lipinski definition) is 4. The quantitative estimate of drug-likeness (QED) is 0.751. The van der Waals surface area contributed by atoms with E-state index in [1.165, 1.54) is 6.07 Å². The SMILES string of the molecule is COc1ccc(CN2C[C@H](C(=O)NC3CCN(c4cc(C)ccc4F)CC3)CC2=O)cc1. The average Bonchev–Trinajstić information content (AvgIpc) is 3.17. The topological polar surface area (TPSA) is 61.9 Å². The van der Waals surface area contributed by atoms with Gasteiger partial charge in [-0.05, 0) is 55.2 Å². The Kier molecular flexibility index (Phi) is 6.63. The largest absolute Gasteiger partial charge is 0.497 e. The van der Waals surface area contributed by atoms with Crippen molar-refractivity contribution in [3.05, 3.63) is 59.4 Å². The van der Waals surface area contributed by atoms with Gasteiger partial charge < -0.3 is 19.9 Å². The number of aryl methyl sites for hydroxylation is 1. The first-order valence-electron chi connectivity index (χ1n) is 11.1. The van der Waals surface area contributed by atoms with Crippen LogP contribution in [0, 0.1) is 18.7 Å². The molecule has 2 aromatic rings. The number of hydrogen-bond donors (Lipinski definition) is 1. The van der Waals surface area contributed by atoms with Crippen molar-refractivity contribution in [1.29, 1.82) is 0 Å². The predicted octanol–water partition coefficient (Wildman–Crippen LogP) is 3.28. The molecule has 0 spiro atoms. The van der Waals surface area contributed by atoms with Crippen LogP contribution in [0.3, 0.4) is 0 Å². The number of likely N-dealkylation sites (tertiary alicyclic amines) is 1. The molecule has 0 aliphatic carbocycles. The highest BCUT2D eigenvalue weighted by molar-refractivity contribution is 5.89. The number of carbonyl (C=O) groups is 2. The highest BCUT2D eigenvalue weighted by atomic mass is 19.1. The van der Waals surface area contributed by atoms with Gasteiger partial charge in [-0.2, -0.15) is 0 Å². The van der Waals surface area contributed by atoms with Crippen LogP contribution < -0.4 is 15.0 Å². The third-order valence-corrected chi connectivity index (χ3v) is 6.40. The Bertz CT molecular complexity index is 971. The van der Waals surface area contributed by atoms with Crippen LogP contribution in [-0.2, 0) is 16.1 Å². The van der Waals surface area contributed by atoms with Crippen molar-refractivity contribution in [2.45, 2.75) is 38.8 Å². The number of methoxy groups -OCH3 is 1. The van der Waals surface area contributed by atoms with Gasteiger partial charge in [0.1, 0.15) is 11.6 Å². The standard InChI is InChI=1S/C25H30FN3O3/c1-17-3-8-22(26)23(13-17)28-11-9-20(10-12-28)27-25(31)19-14-24(30)29(16-19)15-18-4-6-21(32-2)7-5-18/h3-8,13,19-20H,9-12,14-16H2,1-2H3,(H,27,31)/t19-/m1/s1. The first-order chi connectivity index (χ1) is 15.4. The molecule has 2 fully saturated rings. The van der Waals surface area contributed by atoms with Crippen molar-refractivity contribution in [3.8, 4) is 5.75 Å². The van der Waals surface area contributed by atoms with Crippen LogP contribution in [0.2, 0.25) is 0 Å². The lowest BCUT2D eigenvalue weighted by Gasteiger charge is -2.34. The highest BCUT2D eigenvalue weighted by Gasteiger charge is 2.35. The third kappa shape index (κ3) is 5.03. The Morgan fingerprint density at radius 2 is 1.88 bits per heavy atom. The summed E-state index contributed by atoms with van der Waals surface area (Å²) in [5, 5.41) is 3.12. The number of benzene rings is 2. The van der Waals surface area contributed by atoms with Gasteiger partial charge in [-0.15, -0.1) is 0 Å². The highest BCUT2D eigenvalue weighted by Crippen LogP contribution is 2.26. The van der Waals surface area contributed by atoms with E-state index in [9.17, 15) is 14.0 Å². The Balaban J connectivity index is 1.27. The minimum Gasteiger partial charge on any atom is -0.497 e. The summed E-state index contributed by atoms with van der Waals surface area (Å²) in [6.07, 6.45) is 1.76. The Labute approximate surface area is 188 Å². The van der Waals surface area contributed by atoms with E-state index in [0.717, 1.165) is 29.7 Å². The van der Waals surface area contributed by atoms with E-state index in [4.69, 9.17) is 4.74 Å². The fourth-order valence-corrected chi connectivity index (χ4v) is 4.50. The average molecular weight is 440 g/mol. The molecular formula is C25H30FN3O3. The molecule has 0 bridgehead atoms. The maximum atomic E-state index is 14.2. The molecule has 0 saturated carbocycles. The molecular weight excluding hydrogens is 409 g/mol. The number of rotatable bonds is 6. The van der Waals surface area contributed by atoms with Crippen molar-refractivity contribution >= 4 is 17.5 Å². The fraction of sp³-hybridized carbons (Fsp3) is 0.440. The van der Waals surface area contributed by atoms with Crippen molar-refractivity contribution in [2.24, 2.45) is 5.92 Å². The molecule has 1 N–H and O–H groups in total. The van der Waals surface area contributed by atoms with E-state index >= 15 is 0 Å². The van der Waals surface area contributed by atoms with Gasteiger partial charge in [0.05, 0.1) is 18.7 Å². The molecule has 6 nitrogen and oxygen atoms in total. The number of carbonyl (C=O) groups excluding carboxylic acids is 2. The van der Waals surface area contributed by atoms with Crippen LogP contribution in [0.25, 0.3) is 0 Å². The van der Waals surface area contributed by atoms with Crippen LogP contribution in [0.5, 0.6) is 5.75 Å². The molecule has 2 aliphatic rings. The lowest BCUT2D eigenvalue weighted by atomic mass is 10.0. The van der Waals surface area contributed by atoms with Crippen LogP contribution in [0.4, 0.5) is 10.1 Å². The van der Waals surface area contributed by atoms with Crippen molar-refractivity contribution in [1.82, 2.24) is 10.2 Å². The summed E-state index contributed by atoms with van der Waals surface area (Å²) in [7, 11) is 1.62. The second kappa shape index (κ2) is 9.59. The Hall–Kier alpha value is -3.09. The minimum absolute atomic E-state index is 0.00529. The van der Waals surface area contributed by atoms with Crippen LogP contribution >= 0.6 is 0 Å². The summed E-state index contributed by atoms with van der Waals surface area (Å²) in [5.74, 6) is 0.184. The van der Waals surface area contributed by atoms with E-state index in [-0.39, 0.29) is 36.0 Å². The van der Waals surface area contributed by atoms with Crippen LogP contribution in [-0.4, -0.2) is 49.5 Å². The number of anilines is 1. The Morgan fingerprint density at radius 1 is 1.16 bits per heavy atom. The molecule has 1 atom stereocenters. The molecule has 32 heavy (non-hydrogen) atoms. The molecule has 0 unspecified atom stereocenters. The monoisotopic (exact) mass is 439 g/mol. The van der Waals surface area contributed by atoms with Gasteiger partial charge in [0.2, 0.25) is 11.8 Å². The maximum Gasteiger partial charge on any atom is 0.225 e. The number of ether oxygens (including phenoxy) is 1. The smallest absolute Gasteiger partial charge is 0.225 e. The fourth-order valence-electron chi connectivity index (χ4n) is 4.50. The van der Waals surface area contributed by atoms with Gasteiger partial charge >= 0.3 is 0 Å². The zero-order chi connectivity index (χ0) is 22.7. The molecule has 2 aliphatic heterocycles. The first-order valence-corrected chi connectivity index (χ1v) is 11.1. The second-order valence-corrected chi connectivity index (χ2v) is 8.75. The van der Waals surface area contributed by atoms with E-state index in [2.05, 4.69) is 5.32 Å². The lowest BCUT2D eigenvalue weighted by molar-refractivity contribution is -0.129. The summed E-state index contributed by atoms with van der Waals surface area (Å²) in [6.45, 7) is 4.27. The molecule has 2 saturated heterocycles. The maximum absolute atomic E-state index is 14.2. The van der Waals surface area contributed by atoms with E-state index in [0.29, 0.717) is 31.9 Å². The molecule has 2 heterocycles. The molecule has 2 aromatic carbocycles. The van der Waals surface area contributed by atoms with Gasteiger partial charge in [0, 0.05) is 38.6 Å². The molecule has 2 amide bonds. The zero-order valence-electron chi connectivity index (χ0n) is 18.6. The van der Waals surface area contributed by atoms with Gasteiger partial charge in [-0.1, -0.05) is 18.2 Å². The van der Waals surface area contributed by atoms with Gasteiger partial charge in [-0.25, -0.2) is 4.39 Å². The number of amides is 2. The van der Waals surface area contributed by atoms with Gasteiger partial charge in [0.25, 0.3) is 0 Å². The first kappa shape index (κ1) is 22.1. The summed E-state index contributed by atoms with van der Waals surface area (Å²) < 4.78 is 19.3. The Morgan fingerprint density at radius 3 is 2.56 bits per heavy atom. The van der Waals surface area contributed by atoms with Crippen molar-refractivity contribution in [2.75, 3.05) is 31.6 Å². The van der Waals surface area contributed by atoms with E-state index in [1.54, 1.807) is 18.1 Å². The second-order valence-electron chi connectivity index (χ2n) is 8.75. The number of piperidine rings is 1. The van der Waals surface area contributed by atoms with Crippen molar-refractivity contribution < 1.29 is 18.7 Å². The summed E-state index contributed by atoms with van der Waals surface area (Å²) in [4.78, 5) is 29.0. The summed E-state index contributed by atoms with van der Waals surface area (Å²) in [6, 6.07) is 12.8. The van der Waals surface area contributed by atoms with Crippen molar-refractivity contribution in [3.63, 3.8) is 0 Å². The van der Waals surface area contributed by atoms with E-state index in [1.807, 2.05) is 42.2 Å². The van der Waals surface area contributed by atoms with Crippen LogP contribution in [0.15, 0.2) is 42.5 Å². The van der Waals surface area contributed by atoms with Gasteiger partial charge in [0.15, 0.2) is 0 Å².